The number of carbonyl (C=O) groups excluding carboxylic acids is 2. The van der Waals surface area contributed by atoms with Crippen LogP contribution in [0, 0.1) is 0 Å². The van der Waals surface area contributed by atoms with Crippen LogP contribution in [-0.4, -0.2) is 55.5 Å². The third-order valence-corrected chi connectivity index (χ3v) is 11.3. The molecule has 2 aromatic carbocycles. The lowest BCUT2D eigenvalue weighted by atomic mass is 9.97. The van der Waals surface area contributed by atoms with Crippen LogP contribution in [0.15, 0.2) is 91.7 Å². The van der Waals surface area contributed by atoms with Gasteiger partial charge in [-0.05, 0) is 94.9 Å². The van der Waals surface area contributed by atoms with E-state index < -0.39 is 0 Å². The van der Waals surface area contributed by atoms with E-state index in [9.17, 15) is 19.2 Å². The standard InChI is InChI=1S/C39H46N6O4S2/c46-34(40-22-20-28-12-3-1-4-13-28)26-50-38-42-32-18-9-7-16-30(32)36(48)44(38)24-11-25-45-37(49)31-17-8-10-19-33(31)43-39(45)51-27-35(47)41-23-21-29-14-5-2-6-15-29/h7-10,12,14,16-19H,1-6,11,13,15,20-27H2,(H,40,46)(H,41,47). The molecule has 2 amide bonds. The minimum absolute atomic E-state index is 0.101. The average molecular weight is 727 g/mol. The number of carbonyl (C=O) groups is 2. The van der Waals surface area contributed by atoms with Gasteiger partial charge in [-0.25, -0.2) is 9.97 Å². The topological polar surface area (TPSA) is 128 Å². The van der Waals surface area contributed by atoms with Gasteiger partial charge in [0.15, 0.2) is 10.3 Å². The Morgan fingerprint density at radius 2 is 1.10 bits per heavy atom. The molecule has 2 aromatic heterocycles. The number of nitrogens with zero attached hydrogens (tertiary/aromatic N) is 4. The molecule has 0 saturated heterocycles. The predicted octanol–water partition coefficient (Wildman–Crippen LogP) is 6.39. The zero-order chi connectivity index (χ0) is 35.4. The number of aromatic nitrogens is 4. The number of para-hydroxylation sites is 2. The summed E-state index contributed by atoms with van der Waals surface area (Å²) in [4.78, 5) is 62.6. The van der Waals surface area contributed by atoms with E-state index in [1.54, 1.807) is 33.4 Å². The first-order valence-electron chi connectivity index (χ1n) is 18.1. The third kappa shape index (κ3) is 10.0. The molecule has 0 atom stereocenters. The Hall–Kier alpha value is -4.16. The van der Waals surface area contributed by atoms with Crippen molar-refractivity contribution in [2.75, 3.05) is 24.6 Å². The van der Waals surface area contributed by atoms with Crippen LogP contribution in [0.25, 0.3) is 21.8 Å². The first kappa shape index (κ1) is 36.6. The van der Waals surface area contributed by atoms with Crippen LogP contribution in [-0.2, 0) is 22.7 Å². The maximum absolute atomic E-state index is 13.7. The molecule has 268 valence electrons. The Balaban J connectivity index is 1.13. The first-order valence-corrected chi connectivity index (χ1v) is 20.1. The van der Waals surface area contributed by atoms with Gasteiger partial charge in [0.1, 0.15) is 0 Å². The SMILES string of the molecule is O=C(CSc1nc2ccccc2c(=O)n1CCCn1c(SCC(=O)NCCC2=CCCCC2)nc2ccccc2c1=O)NCCC1=CCCCC1. The highest BCUT2D eigenvalue weighted by Gasteiger charge is 2.17. The third-order valence-electron chi connectivity index (χ3n) is 9.39. The molecule has 0 bridgehead atoms. The number of amides is 2. The molecular weight excluding hydrogens is 681 g/mol. The van der Waals surface area contributed by atoms with Gasteiger partial charge >= 0.3 is 0 Å². The predicted molar refractivity (Wildman–Crippen MR) is 206 cm³/mol. The Morgan fingerprint density at radius 1 is 0.647 bits per heavy atom. The van der Waals surface area contributed by atoms with Crippen molar-refractivity contribution >= 4 is 57.1 Å². The Kier molecular flexibility index (Phi) is 13.2. The summed E-state index contributed by atoms with van der Waals surface area (Å²) in [6, 6.07) is 14.4. The van der Waals surface area contributed by atoms with Crippen LogP contribution >= 0.6 is 23.5 Å². The zero-order valence-corrected chi connectivity index (χ0v) is 30.7. The van der Waals surface area contributed by atoms with E-state index in [2.05, 4.69) is 22.8 Å². The number of hydrogen-bond donors (Lipinski definition) is 2. The number of rotatable bonds is 16. The smallest absolute Gasteiger partial charge is 0.262 e. The molecule has 12 heteroatoms. The second-order valence-electron chi connectivity index (χ2n) is 13.1. The number of nitrogens with one attached hydrogen (secondary N) is 2. The number of allylic oxidation sites excluding steroid dienone is 2. The maximum atomic E-state index is 13.7. The van der Waals surface area contributed by atoms with Crippen LogP contribution < -0.4 is 21.8 Å². The summed E-state index contributed by atoms with van der Waals surface area (Å²) in [6.07, 6.45) is 16.1. The molecule has 6 rings (SSSR count). The van der Waals surface area contributed by atoms with E-state index in [0.717, 1.165) is 38.5 Å². The summed E-state index contributed by atoms with van der Waals surface area (Å²) < 4.78 is 3.21. The van der Waals surface area contributed by atoms with Crippen molar-refractivity contribution in [1.82, 2.24) is 29.7 Å². The lowest BCUT2D eigenvalue weighted by molar-refractivity contribution is -0.119. The summed E-state index contributed by atoms with van der Waals surface area (Å²) in [7, 11) is 0. The molecule has 2 N–H and O–H groups in total. The van der Waals surface area contributed by atoms with Gasteiger partial charge in [0.25, 0.3) is 11.1 Å². The van der Waals surface area contributed by atoms with Gasteiger partial charge < -0.3 is 10.6 Å². The van der Waals surface area contributed by atoms with Crippen LogP contribution in [0.1, 0.15) is 70.6 Å². The van der Waals surface area contributed by atoms with Crippen molar-refractivity contribution < 1.29 is 9.59 Å². The fourth-order valence-corrected chi connectivity index (χ4v) is 8.36. The summed E-state index contributed by atoms with van der Waals surface area (Å²) in [6.45, 7) is 1.76. The molecule has 51 heavy (non-hydrogen) atoms. The normalized spacial score (nSPS) is 14.7. The lowest BCUT2D eigenvalue weighted by Crippen LogP contribution is -2.29. The van der Waals surface area contributed by atoms with Crippen molar-refractivity contribution in [2.45, 2.75) is 94.0 Å². The largest absolute Gasteiger partial charge is 0.355 e. The maximum Gasteiger partial charge on any atom is 0.262 e. The summed E-state index contributed by atoms with van der Waals surface area (Å²) in [5.74, 6) is 0.0725. The summed E-state index contributed by atoms with van der Waals surface area (Å²) >= 11 is 2.49. The first-order chi connectivity index (χ1) is 25.0. The van der Waals surface area contributed by atoms with Gasteiger partial charge in [0, 0.05) is 26.2 Å². The molecule has 0 saturated carbocycles. The van der Waals surface area contributed by atoms with E-state index >= 15 is 0 Å². The Bertz CT molecular complexity index is 1910. The second kappa shape index (κ2) is 18.4. The van der Waals surface area contributed by atoms with E-state index in [1.807, 2.05) is 24.3 Å². The molecule has 0 fully saturated rings. The van der Waals surface area contributed by atoms with Crippen LogP contribution in [0.2, 0.25) is 0 Å². The molecule has 2 aliphatic rings. The highest BCUT2D eigenvalue weighted by atomic mass is 32.2. The minimum atomic E-state index is -0.188. The summed E-state index contributed by atoms with van der Waals surface area (Å²) in [5.41, 5.74) is 3.60. The van der Waals surface area contributed by atoms with Gasteiger partial charge in [-0.2, -0.15) is 0 Å². The van der Waals surface area contributed by atoms with Crippen molar-refractivity contribution in [3.05, 3.63) is 92.5 Å². The van der Waals surface area contributed by atoms with E-state index in [4.69, 9.17) is 9.97 Å². The number of hydrogen-bond acceptors (Lipinski definition) is 8. The molecule has 0 aliphatic heterocycles. The molecule has 4 aromatic rings. The van der Waals surface area contributed by atoms with Crippen LogP contribution in [0.5, 0.6) is 0 Å². The molecule has 2 heterocycles. The fourth-order valence-electron chi connectivity index (χ4n) is 6.65. The number of benzene rings is 2. The van der Waals surface area contributed by atoms with Crippen molar-refractivity contribution in [2.24, 2.45) is 0 Å². The Morgan fingerprint density at radius 3 is 1.53 bits per heavy atom. The van der Waals surface area contributed by atoms with E-state index in [1.165, 1.54) is 60.4 Å². The van der Waals surface area contributed by atoms with Gasteiger partial charge in [-0.15, -0.1) is 0 Å². The van der Waals surface area contributed by atoms with Gasteiger partial charge in [-0.1, -0.05) is 71.1 Å². The lowest BCUT2D eigenvalue weighted by Gasteiger charge is -2.16. The highest BCUT2D eigenvalue weighted by Crippen LogP contribution is 2.23. The molecule has 0 unspecified atom stereocenters. The number of thioether (sulfide) groups is 2. The minimum Gasteiger partial charge on any atom is -0.355 e. The quantitative estimate of drug-likeness (QED) is 0.0773. The monoisotopic (exact) mass is 726 g/mol. The molecule has 0 spiro atoms. The van der Waals surface area contributed by atoms with E-state index in [-0.39, 0.29) is 47.5 Å². The average Bonchev–Trinajstić information content (AvgIpc) is 3.16. The van der Waals surface area contributed by atoms with Crippen molar-refractivity contribution in [3.8, 4) is 0 Å². The summed E-state index contributed by atoms with van der Waals surface area (Å²) in [5, 5.41) is 7.95. The van der Waals surface area contributed by atoms with Gasteiger partial charge in [-0.3, -0.25) is 28.3 Å². The molecule has 0 radical (unpaired) electrons. The fraction of sp³-hybridized carbons (Fsp3) is 0.436. The second-order valence-corrected chi connectivity index (χ2v) is 15.0. The molecular formula is C39H46N6O4S2. The molecule has 2 aliphatic carbocycles. The van der Waals surface area contributed by atoms with Crippen LogP contribution in [0.3, 0.4) is 0 Å². The van der Waals surface area contributed by atoms with Gasteiger partial charge in [0.05, 0.1) is 33.3 Å². The van der Waals surface area contributed by atoms with Crippen molar-refractivity contribution in [3.63, 3.8) is 0 Å². The van der Waals surface area contributed by atoms with Gasteiger partial charge in [0.2, 0.25) is 11.8 Å². The highest BCUT2D eigenvalue weighted by molar-refractivity contribution is 8.00. The Labute approximate surface area is 306 Å². The molecule has 10 nitrogen and oxygen atoms in total. The van der Waals surface area contributed by atoms with E-state index in [0.29, 0.717) is 51.6 Å². The van der Waals surface area contributed by atoms with Crippen molar-refractivity contribution in [1.29, 1.82) is 0 Å². The zero-order valence-electron chi connectivity index (χ0n) is 29.0. The van der Waals surface area contributed by atoms with Crippen LogP contribution in [0.4, 0.5) is 0 Å². The number of fused-ring (bicyclic) bond motifs is 2.